The lowest BCUT2D eigenvalue weighted by Crippen LogP contribution is -2.48. The fourth-order valence-electron chi connectivity index (χ4n) is 3.93. The van der Waals surface area contributed by atoms with Gasteiger partial charge in [-0.2, -0.15) is 17.5 Å². The number of carbonyl (C=O) groups is 1. The Morgan fingerprint density at radius 2 is 1.68 bits per heavy atom. The van der Waals surface area contributed by atoms with Crippen LogP contribution in [0, 0.1) is 0 Å². The van der Waals surface area contributed by atoms with Crippen LogP contribution in [-0.4, -0.2) is 44.8 Å². The summed E-state index contributed by atoms with van der Waals surface area (Å²) in [6.07, 6.45) is -4.43. The van der Waals surface area contributed by atoms with Gasteiger partial charge >= 0.3 is 6.18 Å². The molecule has 31 heavy (non-hydrogen) atoms. The first-order valence-corrected chi connectivity index (χ1v) is 11.2. The normalized spacial score (nSPS) is 19.3. The summed E-state index contributed by atoms with van der Waals surface area (Å²) in [5.41, 5.74) is 0.0764. The first kappa shape index (κ1) is 21.6. The van der Waals surface area contributed by atoms with Crippen molar-refractivity contribution in [1.82, 2.24) is 4.31 Å². The quantitative estimate of drug-likeness (QED) is 0.773. The molecule has 2 aromatic carbocycles. The van der Waals surface area contributed by atoms with E-state index in [9.17, 15) is 26.4 Å². The van der Waals surface area contributed by atoms with Gasteiger partial charge in [-0.05, 0) is 55.8 Å². The molecule has 10 heteroatoms. The number of fused-ring (bicyclic) bond motifs is 1. The number of hydrogen-bond donors (Lipinski definition) is 1. The lowest BCUT2D eigenvalue weighted by atomic mass is 9.86. The van der Waals surface area contributed by atoms with Crippen molar-refractivity contribution < 1.29 is 26.4 Å². The Morgan fingerprint density at radius 1 is 1.00 bits per heavy atom. The molecule has 2 aliphatic rings. The zero-order valence-corrected chi connectivity index (χ0v) is 17.8. The molecule has 0 spiro atoms. The Morgan fingerprint density at radius 3 is 2.32 bits per heavy atom. The van der Waals surface area contributed by atoms with Crippen molar-refractivity contribution in [3.63, 3.8) is 0 Å². The minimum absolute atomic E-state index is 0.100. The molecule has 4 rings (SSSR count). The van der Waals surface area contributed by atoms with E-state index in [0.29, 0.717) is 16.9 Å². The van der Waals surface area contributed by atoms with Crippen LogP contribution in [0.4, 0.5) is 24.5 Å². The van der Waals surface area contributed by atoms with Crippen molar-refractivity contribution in [3.05, 3.63) is 53.6 Å². The highest BCUT2D eigenvalue weighted by Crippen LogP contribution is 2.39. The van der Waals surface area contributed by atoms with E-state index in [2.05, 4.69) is 5.32 Å². The summed E-state index contributed by atoms with van der Waals surface area (Å²) in [7, 11) is -3.80. The first-order valence-electron chi connectivity index (χ1n) is 9.79. The number of carbonyl (C=O) groups excluding carboxylic acids is 1. The molecule has 1 fully saturated rings. The maximum absolute atomic E-state index is 13.2. The second kappa shape index (κ2) is 7.23. The van der Waals surface area contributed by atoms with Crippen molar-refractivity contribution in [1.29, 1.82) is 0 Å². The monoisotopic (exact) mass is 453 g/mol. The summed E-state index contributed by atoms with van der Waals surface area (Å²) in [6.45, 7) is 4.32. The number of piperazine rings is 1. The smallest absolute Gasteiger partial charge is 0.369 e. The maximum atomic E-state index is 13.2. The van der Waals surface area contributed by atoms with Gasteiger partial charge in [-0.3, -0.25) is 4.79 Å². The fraction of sp³-hybridized carbons (Fsp3) is 0.381. The van der Waals surface area contributed by atoms with E-state index in [1.807, 2.05) is 0 Å². The number of sulfonamides is 1. The van der Waals surface area contributed by atoms with E-state index in [1.54, 1.807) is 30.9 Å². The third-order valence-corrected chi connectivity index (χ3v) is 7.79. The highest BCUT2D eigenvalue weighted by atomic mass is 32.2. The molecule has 6 nitrogen and oxygen atoms in total. The van der Waals surface area contributed by atoms with Crippen LogP contribution in [0.5, 0.6) is 0 Å². The van der Waals surface area contributed by atoms with Crippen LogP contribution < -0.4 is 10.2 Å². The van der Waals surface area contributed by atoms with Crippen molar-refractivity contribution in [3.8, 4) is 0 Å². The summed E-state index contributed by atoms with van der Waals surface area (Å²) < 4.78 is 66.6. The number of hydrogen-bond acceptors (Lipinski definition) is 4. The number of benzene rings is 2. The third-order valence-electron chi connectivity index (χ3n) is 5.90. The van der Waals surface area contributed by atoms with E-state index in [0.717, 1.165) is 12.1 Å². The van der Waals surface area contributed by atoms with Gasteiger partial charge in [0.1, 0.15) is 0 Å². The standard InChI is InChI=1S/C21H22F3N3O3S/c1-20(2)17-13-16(6-7-18(17)25-19(20)28)31(29,30)27-10-8-26(9-11-27)15-5-3-4-14(12-15)21(22,23)24/h3-7,12-13H,8-11H2,1-2H3,(H,25,28). The number of rotatable bonds is 3. The highest BCUT2D eigenvalue weighted by molar-refractivity contribution is 7.89. The van der Waals surface area contributed by atoms with Crippen LogP contribution in [0.1, 0.15) is 25.0 Å². The predicted octanol–water partition coefficient (Wildman–Crippen LogP) is 3.45. The van der Waals surface area contributed by atoms with Crippen molar-refractivity contribution in [2.24, 2.45) is 0 Å². The molecule has 0 saturated carbocycles. The van der Waals surface area contributed by atoms with Gasteiger partial charge < -0.3 is 10.2 Å². The molecule has 0 aliphatic carbocycles. The first-order chi connectivity index (χ1) is 14.4. The van der Waals surface area contributed by atoms with Gasteiger partial charge in [0.2, 0.25) is 15.9 Å². The third kappa shape index (κ3) is 3.78. The lowest BCUT2D eigenvalue weighted by molar-refractivity contribution is -0.137. The number of halogens is 3. The molecule has 2 heterocycles. The second-order valence-electron chi connectivity index (χ2n) is 8.23. The minimum atomic E-state index is -4.43. The van der Waals surface area contributed by atoms with Crippen LogP contribution in [0.2, 0.25) is 0 Å². The molecule has 1 saturated heterocycles. The van der Waals surface area contributed by atoms with Crippen LogP contribution >= 0.6 is 0 Å². The van der Waals surface area contributed by atoms with E-state index in [-0.39, 0.29) is 37.0 Å². The van der Waals surface area contributed by atoms with Gasteiger partial charge in [0.15, 0.2) is 0 Å². The molecule has 1 amide bonds. The Balaban J connectivity index is 1.52. The molecular formula is C21H22F3N3O3S. The number of nitrogens with zero attached hydrogens (tertiary/aromatic N) is 2. The van der Waals surface area contributed by atoms with Gasteiger partial charge in [-0.1, -0.05) is 6.07 Å². The summed E-state index contributed by atoms with van der Waals surface area (Å²) in [4.78, 5) is 14.0. The van der Waals surface area contributed by atoms with Crippen LogP contribution in [0.25, 0.3) is 0 Å². The molecular weight excluding hydrogens is 431 g/mol. The Bertz CT molecular complexity index is 1140. The summed E-state index contributed by atoms with van der Waals surface area (Å²) in [5.74, 6) is -0.188. The predicted molar refractivity (Wildman–Crippen MR) is 111 cm³/mol. The number of alkyl halides is 3. The van der Waals surface area contributed by atoms with Gasteiger partial charge in [-0.25, -0.2) is 8.42 Å². The average molecular weight is 453 g/mol. The van der Waals surface area contributed by atoms with Gasteiger partial charge in [0, 0.05) is 37.6 Å². The Hall–Kier alpha value is -2.59. The van der Waals surface area contributed by atoms with Crippen molar-refractivity contribution >= 4 is 27.3 Å². The zero-order chi connectivity index (χ0) is 22.6. The highest BCUT2D eigenvalue weighted by Gasteiger charge is 2.40. The minimum Gasteiger partial charge on any atom is -0.369 e. The molecule has 0 unspecified atom stereocenters. The molecule has 0 radical (unpaired) electrons. The molecule has 2 aliphatic heterocycles. The number of amides is 1. The molecule has 0 atom stereocenters. The molecule has 2 aromatic rings. The van der Waals surface area contributed by atoms with Gasteiger partial charge in [0.25, 0.3) is 0 Å². The van der Waals surface area contributed by atoms with Gasteiger partial charge in [0.05, 0.1) is 15.9 Å². The lowest BCUT2D eigenvalue weighted by Gasteiger charge is -2.35. The zero-order valence-electron chi connectivity index (χ0n) is 17.0. The largest absolute Gasteiger partial charge is 0.416 e. The SMILES string of the molecule is CC1(C)C(=O)Nc2ccc(S(=O)(=O)N3CCN(c4cccc(C(F)(F)F)c4)CC3)cc21. The van der Waals surface area contributed by atoms with E-state index in [4.69, 9.17) is 0 Å². The number of anilines is 2. The second-order valence-corrected chi connectivity index (χ2v) is 10.2. The molecule has 0 bridgehead atoms. The maximum Gasteiger partial charge on any atom is 0.416 e. The van der Waals surface area contributed by atoms with Crippen molar-refractivity contribution in [2.45, 2.75) is 30.3 Å². The van der Waals surface area contributed by atoms with Crippen LogP contribution in [0.15, 0.2) is 47.4 Å². The fourth-order valence-corrected chi connectivity index (χ4v) is 5.37. The van der Waals surface area contributed by atoms with Crippen molar-refractivity contribution in [2.75, 3.05) is 36.4 Å². The van der Waals surface area contributed by atoms with Gasteiger partial charge in [-0.15, -0.1) is 0 Å². The molecule has 1 N–H and O–H groups in total. The Labute approximate surface area is 178 Å². The van der Waals surface area contributed by atoms with E-state index in [1.165, 1.54) is 22.5 Å². The summed E-state index contributed by atoms with van der Waals surface area (Å²) >= 11 is 0. The molecule has 0 aromatic heterocycles. The summed E-state index contributed by atoms with van der Waals surface area (Å²) in [6, 6.07) is 9.62. The Kier molecular flexibility index (Phi) is 5.05. The van der Waals surface area contributed by atoms with Crippen LogP contribution in [0.3, 0.4) is 0 Å². The topological polar surface area (TPSA) is 69.7 Å². The van der Waals surface area contributed by atoms with Crippen LogP contribution in [-0.2, 0) is 26.4 Å². The molecule has 166 valence electrons. The van der Waals surface area contributed by atoms with E-state index >= 15 is 0 Å². The summed E-state index contributed by atoms with van der Waals surface area (Å²) in [5, 5.41) is 2.75. The van der Waals surface area contributed by atoms with E-state index < -0.39 is 27.2 Å². The number of nitrogens with one attached hydrogen (secondary N) is 1. The average Bonchev–Trinajstić information content (AvgIpc) is 2.96.